The average Bonchev–Trinajstić information content (AvgIpc) is 3.13. The summed E-state index contributed by atoms with van der Waals surface area (Å²) in [6.45, 7) is 4.24. The molecule has 1 saturated carbocycles. The number of nitrogens with one attached hydrogen (secondary N) is 1. The van der Waals surface area contributed by atoms with Crippen LogP contribution in [0, 0.1) is 11.7 Å². The number of benzene rings is 1. The van der Waals surface area contributed by atoms with Crippen molar-refractivity contribution in [2.24, 2.45) is 5.92 Å². The van der Waals surface area contributed by atoms with Gasteiger partial charge in [-0.3, -0.25) is 0 Å². The van der Waals surface area contributed by atoms with Crippen molar-refractivity contribution >= 4 is 11.6 Å². The Morgan fingerprint density at radius 2 is 2.16 bits per heavy atom. The molecule has 1 saturated heterocycles. The molecule has 19 heavy (non-hydrogen) atoms. The molecule has 1 aromatic rings. The van der Waals surface area contributed by atoms with E-state index in [1.54, 1.807) is 6.07 Å². The second kappa shape index (κ2) is 5.78. The molecule has 104 valence electrons. The maximum Gasteiger partial charge on any atom is 0.124 e. The number of likely N-dealkylation sites (tertiary alicyclic amines) is 1. The lowest BCUT2D eigenvalue weighted by Gasteiger charge is -2.15. The molecule has 1 unspecified atom stereocenters. The molecule has 2 fully saturated rings. The molecule has 3 rings (SSSR count). The number of nitrogens with zero attached hydrogens (tertiary/aromatic N) is 1. The molecule has 1 aromatic carbocycles. The lowest BCUT2D eigenvalue weighted by Crippen LogP contribution is -2.27. The van der Waals surface area contributed by atoms with Crippen molar-refractivity contribution in [2.75, 3.05) is 19.6 Å². The van der Waals surface area contributed by atoms with Crippen LogP contribution < -0.4 is 5.32 Å². The summed E-state index contributed by atoms with van der Waals surface area (Å²) in [6, 6.07) is 5.49. The third-order valence-electron chi connectivity index (χ3n) is 4.14. The van der Waals surface area contributed by atoms with Crippen molar-refractivity contribution in [3.63, 3.8) is 0 Å². The molecule has 1 heterocycles. The van der Waals surface area contributed by atoms with E-state index in [0.717, 1.165) is 30.6 Å². The smallest absolute Gasteiger partial charge is 0.124 e. The highest BCUT2D eigenvalue weighted by Gasteiger charge is 2.33. The van der Waals surface area contributed by atoms with Gasteiger partial charge in [-0.1, -0.05) is 17.7 Å². The molecule has 0 amide bonds. The van der Waals surface area contributed by atoms with Gasteiger partial charge in [0.05, 0.1) is 0 Å². The van der Waals surface area contributed by atoms with Crippen LogP contribution in [0.4, 0.5) is 4.39 Å². The second-order valence-corrected chi connectivity index (χ2v) is 6.15. The summed E-state index contributed by atoms with van der Waals surface area (Å²) < 4.78 is 12.9. The minimum Gasteiger partial charge on any atom is -0.312 e. The van der Waals surface area contributed by atoms with E-state index in [1.807, 2.05) is 0 Å². The van der Waals surface area contributed by atoms with Crippen LogP contribution >= 0.6 is 11.6 Å². The Labute approximate surface area is 118 Å². The van der Waals surface area contributed by atoms with E-state index in [0.29, 0.717) is 5.02 Å². The first kappa shape index (κ1) is 13.3. The SMILES string of the molecule is Fc1ccc(CNCC2CCN(C3CC3)C2)c(Cl)c1. The molecular weight excluding hydrogens is 263 g/mol. The number of hydrogen-bond acceptors (Lipinski definition) is 2. The summed E-state index contributed by atoms with van der Waals surface area (Å²) in [4.78, 5) is 2.62. The summed E-state index contributed by atoms with van der Waals surface area (Å²) in [5, 5.41) is 3.96. The van der Waals surface area contributed by atoms with Crippen LogP contribution in [-0.4, -0.2) is 30.6 Å². The molecule has 1 aliphatic carbocycles. The third kappa shape index (κ3) is 3.47. The monoisotopic (exact) mass is 282 g/mol. The van der Waals surface area contributed by atoms with Crippen molar-refractivity contribution in [1.29, 1.82) is 0 Å². The van der Waals surface area contributed by atoms with Gasteiger partial charge < -0.3 is 10.2 Å². The van der Waals surface area contributed by atoms with Crippen LogP contribution in [0.25, 0.3) is 0 Å². The van der Waals surface area contributed by atoms with Gasteiger partial charge >= 0.3 is 0 Å². The van der Waals surface area contributed by atoms with Gasteiger partial charge in [0, 0.05) is 24.2 Å². The molecule has 0 radical (unpaired) electrons. The van der Waals surface area contributed by atoms with E-state index in [1.165, 1.54) is 44.5 Å². The summed E-state index contributed by atoms with van der Waals surface area (Å²) in [7, 11) is 0. The second-order valence-electron chi connectivity index (χ2n) is 5.75. The molecule has 0 aromatic heterocycles. The van der Waals surface area contributed by atoms with Crippen molar-refractivity contribution in [2.45, 2.75) is 31.8 Å². The van der Waals surface area contributed by atoms with Gasteiger partial charge in [0.2, 0.25) is 0 Å². The maximum atomic E-state index is 12.9. The highest BCUT2D eigenvalue weighted by molar-refractivity contribution is 6.31. The largest absolute Gasteiger partial charge is 0.312 e. The molecule has 1 N–H and O–H groups in total. The zero-order valence-corrected chi connectivity index (χ0v) is 11.8. The van der Waals surface area contributed by atoms with Crippen molar-refractivity contribution in [1.82, 2.24) is 10.2 Å². The minimum atomic E-state index is -0.274. The van der Waals surface area contributed by atoms with Crippen molar-refractivity contribution in [3.8, 4) is 0 Å². The highest BCUT2D eigenvalue weighted by atomic mass is 35.5. The Balaban J connectivity index is 1.43. The van der Waals surface area contributed by atoms with Gasteiger partial charge in [0.1, 0.15) is 5.82 Å². The van der Waals surface area contributed by atoms with E-state index in [-0.39, 0.29) is 5.82 Å². The molecule has 1 aliphatic heterocycles. The van der Waals surface area contributed by atoms with Gasteiger partial charge in [0.25, 0.3) is 0 Å². The maximum absolute atomic E-state index is 12.9. The van der Waals surface area contributed by atoms with E-state index in [4.69, 9.17) is 11.6 Å². The molecule has 4 heteroatoms. The Hall–Kier alpha value is -0.640. The van der Waals surface area contributed by atoms with E-state index in [9.17, 15) is 4.39 Å². The van der Waals surface area contributed by atoms with E-state index >= 15 is 0 Å². The zero-order chi connectivity index (χ0) is 13.2. The fourth-order valence-corrected chi connectivity index (χ4v) is 3.11. The van der Waals surface area contributed by atoms with Gasteiger partial charge in [-0.25, -0.2) is 4.39 Å². The Kier molecular flexibility index (Phi) is 4.06. The topological polar surface area (TPSA) is 15.3 Å². The van der Waals surface area contributed by atoms with E-state index in [2.05, 4.69) is 10.2 Å². The summed E-state index contributed by atoms with van der Waals surface area (Å²) in [5.41, 5.74) is 0.972. The highest BCUT2D eigenvalue weighted by Crippen LogP contribution is 2.31. The van der Waals surface area contributed by atoms with E-state index < -0.39 is 0 Å². The fourth-order valence-electron chi connectivity index (χ4n) is 2.88. The van der Waals surface area contributed by atoms with Gasteiger partial charge in [-0.2, -0.15) is 0 Å². The third-order valence-corrected chi connectivity index (χ3v) is 4.50. The normalized spacial score (nSPS) is 24.0. The molecule has 2 aliphatic rings. The molecule has 0 bridgehead atoms. The first-order chi connectivity index (χ1) is 9.22. The van der Waals surface area contributed by atoms with Gasteiger partial charge in [-0.15, -0.1) is 0 Å². The zero-order valence-electron chi connectivity index (χ0n) is 11.0. The number of halogens is 2. The van der Waals surface area contributed by atoms with Crippen LogP contribution in [0.1, 0.15) is 24.8 Å². The number of rotatable bonds is 5. The lowest BCUT2D eigenvalue weighted by molar-refractivity contribution is 0.312. The molecular formula is C15H20ClFN2. The average molecular weight is 283 g/mol. The molecule has 2 nitrogen and oxygen atoms in total. The Morgan fingerprint density at radius 3 is 2.89 bits per heavy atom. The van der Waals surface area contributed by atoms with Crippen LogP contribution in [0.3, 0.4) is 0 Å². The fraction of sp³-hybridized carbons (Fsp3) is 0.600. The first-order valence-electron chi connectivity index (χ1n) is 7.11. The quantitative estimate of drug-likeness (QED) is 0.893. The predicted molar refractivity (Wildman–Crippen MR) is 75.8 cm³/mol. The summed E-state index contributed by atoms with van der Waals surface area (Å²) in [6.07, 6.45) is 4.08. The Morgan fingerprint density at radius 1 is 1.32 bits per heavy atom. The van der Waals surface area contributed by atoms with Crippen LogP contribution in [0.15, 0.2) is 18.2 Å². The van der Waals surface area contributed by atoms with Crippen molar-refractivity contribution < 1.29 is 4.39 Å². The van der Waals surface area contributed by atoms with Crippen LogP contribution in [-0.2, 0) is 6.54 Å². The minimum absolute atomic E-state index is 0.274. The summed E-state index contributed by atoms with van der Waals surface area (Å²) >= 11 is 6.01. The standard InChI is InChI=1S/C15H20ClFN2/c16-15-7-13(17)2-1-12(15)9-18-8-11-5-6-19(10-11)14-3-4-14/h1-2,7,11,14,18H,3-6,8-10H2. The lowest BCUT2D eigenvalue weighted by atomic mass is 10.1. The van der Waals surface area contributed by atoms with Crippen LogP contribution in [0.2, 0.25) is 5.02 Å². The van der Waals surface area contributed by atoms with Gasteiger partial charge in [-0.05, 0) is 56.0 Å². The molecule has 0 spiro atoms. The van der Waals surface area contributed by atoms with Gasteiger partial charge in [0.15, 0.2) is 0 Å². The van der Waals surface area contributed by atoms with Crippen LogP contribution in [0.5, 0.6) is 0 Å². The van der Waals surface area contributed by atoms with Crippen molar-refractivity contribution in [3.05, 3.63) is 34.6 Å². The number of hydrogen-bond donors (Lipinski definition) is 1. The predicted octanol–water partition coefficient (Wildman–Crippen LogP) is 3.05. The molecule has 1 atom stereocenters. The Bertz CT molecular complexity index is 448. The summed E-state index contributed by atoms with van der Waals surface area (Å²) in [5.74, 6) is 0.476. The first-order valence-corrected chi connectivity index (χ1v) is 7.49.